The normalized spacial score (nSPS) is 30.0. The Bertz CT molecular complexity index is 150. The van der Waals surface area contributed by atoms with Crippen molar-refractivity contribution in [1.82, 2.24) is 4.90 Å². The van der Waals surface area contributed by atoms with Gasteiger partial charge in [-0.3, -0.25) is 4.90 Å². The number of hydrogen-bond donors (Lipinski definition) is 1. The molecule has 0 saturated carbocycles. The van der Waals surface area contributed by atoms with Crippen molar-refractivity contribution in [2.45, 2.75) is 45.4 Å². The van der Waals surface area contributed by atoms with Crippen molar-refractivity contribution in [2.75, 3.05) is 19.7 Å². The number of nitrogens with zero attached hydrogens (tertiary/aromatic N) is 1. The van der Waals surface area contributed by atoms with Crippen LogP contribution in [0.5, 0.6) is 0 Å². The molecule has 3 nitrogen and oxygen atoms in total. The smallest absolute Gasteiger partial charge is 0.0700 e. The second-order valence-corrected chi connectivity index (χ2v) is 3.88. The number of rotatable bonds is 3. The Morgan fingerprint density at radius 2 is 2.23 bits per heavy atom. The molecule has 0 aromatic carbocycles. The highest BCUT2D eigenvalue weighted by Gasteiger charge is 2.24. The van der Waals surface area contributed by atoms with Crippen LogP contribution in [0, 0.1) is 0 Å². The second-order valence-electron chi connectivity index (χ2n) is 3.88. The Morgan fingerprint density at radius 1 is 1.54 bits per heavy atom. The van der Waals surface area contributed by atoms with Gasteiger partial charge < -0.3 is 9.84 Å². The SMILES string of the molecule is CCC1CN(C(C)C(C)O)CCO1. The summed E-state index contributed by atoms with van der Waals surface area (Å²) < 4.78 is 5.56. The Balaban J connectivity index is 2.41. The fourth-order valence-corrected chi connectivity index (χ4v) is 1.66. The summed E-state index contributed by atoms with van der Waals surface area (Å²) in [6, 6.07) is 0.248. The van der Waals surface area contributed by atoms with E-state index in [4.69, 9.17) is 4.74 Å². The van der Waals surface area contributed by atoms with Gasteiger partial charge in [0.1, 0.15) is 0 Å². The molecule has 0 spiro atoms. The molecular weight excluding hydrogens is 166 g/mol. The van der Waals surface area contributed by atoms with Crippen molar-refractivity contribution in [1.29, 1.82) is 0 Å². The van der Waals surface area contributed by atoms with E-state index in [2.05, 4.69) is 18.7 Å². The van der Waals surface area contributed by atoms with Gasteiger partial charge in [0.2, 0.25) is 0 Å². The fourth-order valence-electron chi connectivity index (χ4n) is 1.66. The number of hydrogen-bond acceptors (Lipinski definition) is 3. The molecule has 1 heterocycles. The average Bonchev–Trinajstić information content (AvgIpc) is 2.16. The molecule has 1 fully saturated rings. The highest BCUT2D eigenvalue weighted by atomic mass is 16.5. The minimum atomic E-state index is -0.254. The van der Waals surface area contributed by atoms with E-state index in [1.807, 2.05) is 6.92 Å². The van der Waals surface area contributed by atoms with Crippen LogP contribution in [0.15, 0.2) is 0 Å². The maximum absolute atomic E-state index is 9.45. The summed E-state index contributed by atoms with van der Waals surface area (Å²) in [5.41, 5.74) is 0. The number of aliphatic hydroxyl groups is 1. The second kappa shape index (κ2) is 4.94. The van der Waals surface area contributed by atoms with E-state index in [9.17, 15) is 5.11 Å². The van der Waals surface area contributed by atoms with Crippen LogP contribution in [-0.2, 0) is 4.74 Å². The fraction of sp³-hybridized carbons (Fsp3) is 1.00. The van der Waals surface area contributed by atoms with Gasteiger partial charge in [0.25, 0.3) is 0 Å². The molecule has 1 rings (SSSR count). The minimum absolute atomic E-state index is 0.248. The minimum Gasteiger partial charge on any atom is -0.392 e. The van der Waals surface area contributed by atoms with Gasteiger partial charge in [-0.1, -0.05) is 6.92 Å². The number of ether oxygens (including phenoxy) is 1. The quantitative estimate of drug-likeness (QED) is 0.711. The van der Waals surface area contributed by atoms with Crippen LogP contribution in [0.1, 0.15) is 27.2 Å². The summed E-state index contributed by atoms with van der Waals surface area (Å²) in [5.74, 6) is 0. The topological polar surface area (TPSA) is 32.7 Å². The predicted molar refractivity (Wildman–Crippen MR) is 52.7 cm³/mol. The maximum atomic E-state index is 9.45. The van der Waals surface area contributed by atoms with E-state index >= 15 is 0 Å². The lowest BCUT2D eigenvalue weighted by molar-refractivity contribution is -0.0591. The van der Waals surface area contributed by atoms with E-state index in [-0.39, 0.29) is 12.1 Å². The molecule has 0 aromatic rings. The zero-order chi connectivity index (χ0) is 9.84. The van der Waals surface area contributed by atoms with Gasteiger partial charge in [-0.2, -0.15) is 0 Å². The summed E-state index contributed by atoms with van der Waals surface area (Å²) in [7, 11) is 0. The largest absolute Gasteiger partial charge is 0.392 e. The third-order valence-electron chi connectivity index (χ3n) is 2.90. The van der Waals surface area contributed by atoms with E-state index < -0.39 is 0 Å². The van der Waals surface area contributed by atoms with Gasteiger partial charge >= 0.3 is 0 Å². The maximum Gasteiger partial charge on any atom is 0.0700 e. The molecule has 3 unspecified atom stereocenters. The third-order valence-corrected chi connectivity index (χ3v) is 2.90. The Kier molecular flexibility index (Phi) is 4.16. The molecule has 3 heteroatoms. The van der Waals surface area contributed by atoms with Crippen molar-refractivity contribution >= 4 is 0 Å². The van der Waals surface area contributed by atoms with Crippen LogP contribution >= 0.6 is 0 Å². The molecular formula is C10H21NO2. The van der Waals surface area contributed by atoms with Gasteiger partial charge in [0.15, 0.2) is 0 Å². The first-order valence-corrected chi connectivity index (χ1v) is 5.18. The monoisotopic (exact) mass is 187 g/mol. The summed E-state index contributed by atoms with van der Waals surface area (Å²) >= 11 is 0. The van der Waals surface area contributed by atoms with E-state index in [0.29, 0.717) is 6.10 Å². The molecule has 0 aromatic heterocycles. The summed E-state index contributed by atoms with van der Waals surface area (Å²) in [5, 5.41) is 9.45. The standard InChI is InChI=1S/C10H21NO2/c1-4-10-7-11(5-6-13-10)8(2)9(3)12/h8-10,12H,4-7H2,1-3H3. The van der Waals surface area contributed by atoms with Crippen LogP contribution in [0.3, 0.4) is 0 Å². The predicted octanol–water partition coefficient (Wildman–Crippen LogP) is 0.867. The van der Waals surface area contributed by atoms with Crippen LogP contribution < -0.4 is 0 Å². The van der Waals surface area contributed by atoms with E-state index in [1.165, 1.54) is 0 Å². The molecule has 1 aliphatic rings. The lowest BCUT2D eigenvalue weighted by atomic mass is 10.1. The highest BCUT2D eigenvalue weighted by molar-refractivity contribution is 4.77. The zero-order valence-corrected chi connectivity index (χ0v) is 8.86. The third kappa shape index (κ3) is 2.93. The van der Waals surface area contributed by atoms with Crippen LogP contribution in [0.4, 0.5) is 0 Å². The van der Waals surface area contributed by atoms with Crippen molar-refractivity contribution < 1.29 is 9.84 Å². The highest BCUT2D eigenvalue weighted by Crippen LogP contribution is 2.12. The summed E-state index contributed by atoms with van der Waals surface area (Å²) in [4.78, 5) is 2.31. The summed E-state index contributed by atoms with van der Waals surface area (Å²) in [6.45, 7) is 8.77. The molecule has 1 N–H and O–H groups in total. The first-order valence-electron chi connectivity index (χ1n) is 5.18. The molecule has 78 valence electrons. The molecule has 3 atom stereocenters. The molecule has 1 aliphatic heterocycles. The van der Waals surface area contributed by atoms with Crippen LogP contribution in [-0.4, -0.2) is 48.0 Å². The van der Waals surface area contributed by atoms with Gasteiger partial charge in [-0.15, -0.1) is 0 Å². The average molecular weight is 187 g/mol. The van der Waals surface area contributed by atoms with Gasteiger partial charge in [0.05, 0.1) is 18.8 Å². The number of aliphatic hydroxyl groups excluding tert-OH is 1. The van der Waals surface area contributed by atoms with Crippen LogP contribution in [0.2, 0.25) is 0 Å². The molecule has 13 heavy (non-hydrogen) atoms. The molecule has 1 saturated heterocycles. The Morgan fingerprint density at radius 3 is 2.77 bits per heavy atom. The van der Waals surface area contributed by atoms with Crippen molar-refractivity contribution in [3.63, 3.8) is 0 Å². The first-order chi connectivity index (χ1) is 6.15. The first kappa shape index (κ1) is 11.0. The lowest BCUT2D eigenvalue weighted by Gasteiger charge is -2.37. The van der Waals surface area contributed by atoms with Gasteiger partial charge in [-0.05, 0) is 20.3 Å². The van der Waals surface area contributed by atoms with Gasteiger partial charge in [-0.25, -0.2) is 0 Å². The van der Waals surface area contributed by atoms with Crippen molar-refractivity contribution in [3.05, 3.63) is 0 Å². The molecule has 0 radical (unpaired) electrons. The number of morpholine rings is 1. The Labute approximate surface area is 80.7 Å². The summed E-state index contributed by atoms with van der Waals surface area (Å²) in [6.07, 6.45) is 1.16. The molecule has 0 amide bonds. The van der Waals surface area contributed by atoms with E-state index in [1.54, 1.807) is 0 Å². The van der Waals surface area contributed by atoms with Crippen molar-refractivity contribution in [2.24, 2.45) is 0 Å². The Hall–Kier alpha value is -0.120. The van der Waals surface area contributed by atoms with Gasteiger partial charge in [0, 0.05) is 19.1 Å². The van der Waals surface area contributed by atoms with E-state index in [0.717, 1.165) is 26.1 Å². The van der Waals surface area contributed by atoms with Crippen molar-refractivity contribution in [3.8, 4) is 0 Å². The zero-order valence-electron chi connectivity index (χ0n) is 8.86. The van der Waals surface area contributed by atoms with Crippen LogP contribution in [0.25, 0.3) is 0 Å². The lowest BCUT2D eigenvalue weighted by Crippen LogP contribution is -2.49. The molecule has 0 aliphatic carbocycles. The molecule has 0 bridgehead atoms.